The van der Waals surface area contributed by atoms with Crippen molar-refractivity contribution in [2.75, 3.05) is 13.2 Å². The third-order valence-corrected chi connectivity index (χ3v) is 4.03. The predicted octanol–water partition coefficient (Wildman–Crippen LogP) is 3.60. The van der Waals surface area contributed by atoms with E-state index >= 15 is 0 Å². The van der Waals surface area contributed by atoms with Crippen molar-refractivity contribution in [3.05, 3.63) is 52.7 Å². The Hall–Kier alpha value is -1.36. The van der Waals surface area contributed by atoms with Gasteiger partial charge >= 0.3 is 0 Å². The Labute approximate surface area is 129 Å². The molecule has 1 aliphatic heterocycles. The molecule has 3 rings (SSSR count). The lowest BCUT2D eigenvalue weighted by molar-refractivity contribution is -0.0656. The number of benzene rings is 1. The zero-order chi connectivity index (χ0) is 14.8. The van der Waals surface area contributed by atoms with Crippen molar-refractivity contribution in [2.24, 2.45) is 0 Å². The zero-order valence-electron chi connectivity index (χ0n) is 12.3. The summed E-state index contributed by atoms with van der Waals surface area (Å²) in [6, 6.07) is 8.20. The van der Waals surface area contributed by atoms with Gasteiger partial charge in [-0.2, -0.15) is 0 Å². The zero-order valence-corrected chi connectivity index (χ0v) is 13.0. The Morgan fingerprint density at radius 1 is 1.43 bits per heavy atom. The molecule has 1 fully saturated rings. The van der Waals surface area contributed by atoms with Gasteiger partial charge in [-0.1, -0.05) is 23.7 Å². The summed E-state index contributed by atoms with van der Waals surface area (Å²) in [5.74, 6) is 1.60. The van der Waals surface area contributed by atoms with E-state index in [2.05, 4.69) is 22.9 Å². The molecule has 2 heterocycles. The Bertz CT molecular complexity index is 614. The summed E-state index contributed by atoms with van der Waals surface area (Å²) in [6.45, 7) is 6.27. The van der Waals surface area contributed by atoms with Crippen molar-refractivity contribution in [1.82, 2.24) is 9.88 Å². The molecule has 0 aliphatic carbocycles. The molecule has 0 spiro atoms. The van der Waals surface area contributed by atoms with E-state index < -0.39 is 0 Å². The van der Waals surface area contributed by atoms with E-state index in [0.717, 1.165) is 28.8 Å². The standard InChI is InChI=1S/C16H19ClN2O2/c1-11-10-20-15(13-4-3-5-14(17)6-13)8-19(11)9-16-18-7-12(2)21-16/h3-7,11,15H,8-10H2,1-2H3/t11-,15+/m0/s1. The first-order valence-electron chi connectivity index (χ1n) is 7.14. The maximum atomic E-state index is 6.07. The molecule has 0 amide bonds. The highest BCUT2D eigenvalue weighted by Crippen LogP contribution is 2.27. The molecule has 1 aromatic carbocycles. The number of morpholine rings is 1. The maximum absolute atomic E-state index is 6.07. The van der Waals surface area contributed by atoms with E-state index in [4.69, 9.17) is 20.8 Å². The van der Waals surface area contributed by atoms with Crippen LogP contribution in [0.2, 0.25) is 5.02 Å². The fourth-order valence-corrected chi connectivity index (χ4v) is 2.78. The number of halogens is 1. The number of aromatic nitrogens is 1. The third-order valence-electron chi connectivity index (χ3n) is 3.79. The third kappa shape index (κ3) is 3.46. The number of oxazole rings is 1. The minimum Gasteiger partial charge on any atom is -0.445 e. The van der Waals surface area contributed by atoms with Gasteiger partial charge in [-0.05, 0) is 31.5 Å². The number of rotatable bonds is 3. The smallest absolute Gasteiger partial charge is 0.208 e. The molecule has 0 N–H and O–H groups in total. The van der Waals surface area contributed by atoms with Crippen LogP contribution in [0.3, 0.4) is 0 Å². The summed E-state index contributed by atoms with van der Waals surface area (Å²) < 4.78 is 11.5. The van der Waals surface area contributed by atoms with Crippen molar-refractivity contribution < 1.29 is 9.15 Å². The molecule has 4 nitrogen and oxygen atoms in total. The van der Waals surface area contributed by atoms with Crippen molar-refractivity contribution in [3.8, 4) is 0 Å². The molecule has 112 valence electrons. The van der Waals surface area contributed by atoms with Gasteiger partial charge in [0.1, 0.15) is 5.76 Å². The maximum Gasteiger partial charge on any atom is 0.208 e. The Kier molecular flexibility index (Phi) is 4.29. The van der Waals surface area contributed by atoms with Gasteiger partial charge in [-0.15, -0.1) is 0 Å². The van der Waals surface area contributed by atoms with Crippen molar-refractivity contribution >= 4 is 11.6 Å². The second kappa shape index (κ2) is 6.18. The second-order valence-electron chi connectivity index (χ2n) is 5.52. The molecular formula is C16H19ClN2O2. The van der Waals surface area contributed by atoms with E-state index in [1.807, 2.05) is 25.1 Å². The van der Waals surface area contributed by atoms with Crippen molar-refractivity contribution in [2.45, 2.75) is 32.5 Å². The lowest BCUT2D eigenvalue weighted by Crippen LogP contribution is -2.44. The molecule has 21 heavy (non-hydrogen) atoms. The molecule has 2 aromatic rings. The van der Waals surface area contributed by atoms with Crippen LogP contribution in [-0.4, -0.2) is 29.1 Å². The molecule has 2 atom stereocenters. The summed E-state index contributed by atoms with van der Waals surface area (Å²) in [5.41, 5.74) is 1.11. The summed E-state index contributed by atoms with van der Waals surface area (Å²) in [6.07, 6.45) is 1.80. The minimum absolute atomic E-state index is 0.0379. The van der Waals surface area contributed by atoms with Crippen molar-refractivity contribution in [1.29, 1.82) is 0 Å². The van der Waals surface area contributed by atoms with Crippen LogP contribution < -0.4 is 0 Å². The molecule has 1 saturated heterocycles. The van der Waals surface area contributed by atoms with E-state index in [0.29, 0.717) is 19.2 Å². The first-order chi connectivity index (χ1) is 10.1. The summed E-state index contributed by atoms with van der Waals surface area (Å²) in [4.78, 5) is 6.62. The van der Waals surface area contributed by atoms with Crippen molar-refractivity contribution in [3.63, 3.8) is 0 Å². The minimum atomic E-state index is 0.0379. The lowest BCUT2D eigenvalue weighted by Gasteiger charge is -2.37. The Morgan fingerprint density at radius 3 is 3.00 bits per heavy atom. The topological polar surface area (TPSA) is 38.5 Å². The van der Waals surface area contributed by atoms with Crippen LogP contribution in [0.15, 0.2) is 34.9 Å². The first-order valence-corrected chi connectivity index (χ1v) is 7.52. The average Bonchev–Trinajstić information content (AvgIpc) is 2.87. The molecule has 1 aromatic heterocycles. The fourth-order valence-electron chi connectivity index (χ4n) is 2.58. The van der Waals surface area contributed by atoms with Gasteiger partial charge in [0.15, 0.2) is 0 Å². The fraction of sp³-hybridized carbons (Fsp3) is 0.438. The van der Waals surface area contributed by atoms with Crippen LogP contribution in [0, 0.1) is 6.92 Å². The normalized spacial score (nSPS) is 23.4. The van der Waals surface area contributed by atoms with Gasteiger partial charge in [-0.3, -0.25) is 4.90 Å². The number of hydrogen-bond acceptors (Lipinski definition) is 4. The van der Waals surface area contributed by atoms with E-state index in [-0.39, 0.29) is 6.10 Å². The van der Waals surface area contributed by atoms with Gasteiger partial charge in [0.2, 0.25) is 5.89 Å². The molecule has 0 radical (unpaired) electrons. The quantitative estimate of drug-likeness (QED) is 0.868. The van der Waals surface area contributed by atoms with Gasteiger partial charge in [0, 0.05) is 17.6 Å². The largest absolute Gasteiger partial charge is 0.445 e. The van der Waals surface area contributed by atoms with Crippen LogP contribution in [0.4, 0.5) is 0 Å². The Balaban J connectivity index is 1.72. The highest BCUT2D eigenvalue weighted by atomic mass is 35.5. The highest BCUT2D eigenvalue weighted by Gasteiger charge is 2.28. The van der Waals surface area contributed by atoms with E-state index in [1.54, 1.807) is 6.20 Å². The van der Waals surface area contributed by atoms with Gasteiger partial charge in [0.25, 0.3) is 0 Å². The molecule has 0 saturated carbocycles. The van der Waals surface area contributed by atoms with Crippen LogP contribution in [-0.2, 0) is 11.3 Å². The second-order valence-corrected chi connectivity index (χ2v) is 5.96. The molecule has 5 heteroatoms. The van der Waals surface area contributed by atoms with E-state index in [9.17, 15) is 0 Å². The number of ether oxygens (including phenoxy) is 1. The van der Waals surface area contributed by atoms with Gasteiger partial charge in [-0.25, -0.2) is 4.98 Å². The lowest BCUT2D eigenvalue weighted by atomic mass is 10.1. The monoisotopic (exact) mass is 306 g/mol. The molecule has 0 bridgehead atoms. The average molecular weight is 307 g/mol. The van der Waals surface area contributed by atoms with Gasteiger partial charge < -0.3 is 9.15 Å². The number of hydrogen-bond donors (Lipinski definition) is 0. The number of aryl methyl sites for hydroxylation is 1. The van der Waals surface area contributed by atoms with Crippen LogP contribution in [0.5, 0.6) is 0 Å². The number of nitrogens with zero attached hydrogens (tertiary/aromatic N) is 2. The first kappa shape index (κ1) is 14.6. The van der Waals surface area contributed by atoms with Crippen LogP contribution >= 0.6 is 11.6 Å². The Morgan fingerprint density at radius 2 is 2.29 bits per heavy atom. The SMILES string of the molecule is Cc1cnc(CN2C[C@H](c3cccc(Cl)c3)OC[C@@H]2C)o1. The molecule has 0 unspecified atom stereocenters. The van der Waals surface area contributed by atoms with Gasteiger partial charge in [0.05, 0.1) is 25.5 Å². The predicted molar refractivity (Wildman–Crippen MR) is 81.3 cm³/mol. The molecular weight excluding hydrogens is 288 g/mol. The summed E-state index contributed by atoms with van der Waals surface area (Å²) in [5, 5.41) is 0.740. The van der Waals surface area contributed by atoms with E-state index in [1.165, 1.54) is 0 Å². The highest BCUT2D eigenvalue weighted by molar-refractivity contribution is 6.30. The molecule has 1 aliphatic rings. The van der Waals surface area contributed by atoms with Crippen LogP contribution in [0.25, 0.3) is 0 Å². The summed E-state index contributed by atoms with van der Waals surface area (Å²) >= 11 is 6.07. The summed E-state index contributed by atoms with van der Waals surface area (Å²) in [7, 11) is 0. The van der Waals surface area contributed by atoms with Crippen LogP contribution in [0.1, 0.15) is 30.2 Å².